The van der Waals surface area contributed by atoms with Crippen LogP contribution in [0.25, 0.3) is 0 Å². The van der Waals surface area contributed by atoms with Crippen LogP contribution >= 0.6 is 31.9 Å². The minimum Gasteiger partial charge on any atom is -0.398 e. The lowest BCUT2D eigenvalue weighted by molar-refractivity contribution is 0.179. The number of rotatable bonds is 3. The Balaban J connectivity index is 2.18. The maximum Gasteiger partial charge on any atom is 0.0850 e. The Morgan fingerprint density at radius 2 is 1.61 bits per heavy atom. The van der Waals surface area contributed by atoms with Gasteiger partial charge in [-0.25, -0.2) is 0 Å². The van der Waals surface area contributed by atoms with Gasteiger partial charge in [-0.3, -0.25) is 0 Å². The Labute approximate surface area is 123 Å². The highest BCUT2D eigenvalue weighted by Gasteiger charge is 2.12. The van der Waals surface area contributed by atoms with E-state index in [1.807, 2.05) is 36.4 Å². The molecule has 0 amide bonds. The molecule has 0 spiro atoms. The van der Waals surface area contributed by atoms with Crippen LogP contribution in [0.2, 0.25) is 0 Å². The zero-order valence-corrected chi connectivity index (χ0v) is 12.8. The smallest absolute Gasteiger partial charge is 0.0850 e. The number of aliphatic hydroxyl groups excluding tert-OH is 1. The molecule has 2 nitrogen and oxygen atoms in total. The van der Waals surface area contributed by atoms with Crippen molar-refractivity contribution in [2.24, 2.45) is 0 Å². The molecule has 0 aliphatic rings. The fourth-order valence-corrected chi connectivity index (χ4v) is 2.43. The van der Waals surface area contributed by atoms with Crippen LogP contribution in [0.5, 0.6) is 0 Å². The first kappa shape index (κ1) is 13.6. The van der Waals surface area contributed by atoms with Crippen molar-refractivity contribution in [3.8, 4) is 0 Å². The van der Waals surface area contributed by atoms with E-state index in [4.69, 9.17) is 5.73 Å². The van der Waals surface area contributed by atoms with Gasteiger partial charge in [-0.15, -0.1) is 0 Å². The molecule has 0 fully saturated rings. The molecule has 1 atom stereocenters. The maximum absolute atomic E-state index is 10.2. The number of benzene rings is 2. The van der Waals surface area contributed by atoms with E-state index in [9.17, 15) is 5.11 Å². The molecule has 0 bridgehead atoms. The third-order valence-electron chi connectivity index (χ3n) is 2.75. The molecule has 3 N–H and O–H groups in total. The predicted octanol–water partition coefficient (Wildman–Crippen LogP) is 4.07. The van der Waals surface area contributed by atoms with Crippen LogP contribution in [0.3, 0.4) is 0 Å². The molecular weight excluding hydrogens is 358 g/mol. The van der Waals surface area contributed by atoms with Crippen LogP contribution in [0.4, 0.5) is 5.69 Å². The van der Waals surface area contributed by atoms with Gasteiger partial charge in [0, 0.05) is 26.6 Å². The lowest BCUT2D eigenvalue weighted by atomic mass is 10.0. The summed E-state index contributed by atoms with van der Waals surface area (Å²) in [5.41, 5.74) is 8.32. The first-order valence-corrected chi connectivity index (χ1v) is 7.12. The van der Waals surface area contributed by atoms with Gasteiger partial charge < -0.3 is 10.8 Å². The van der Waals surface area contributed by atoms with Gasteiger partial charge in [-0.05, 0) is 35.9 Å². The molecule has 1 unspecified atom stereocenters. The molecule has 18 heavy (non-hydrogen) atoms. The van der Waals surface area contributed by atoms with Crippen molar-refractivity contribution in [2.75, 3.05) is 5.73 Å². The van der Waals surface area contributed by atoms with Gasteiger partial charge in [-0.2, -0.15) is 0 Å². The molecule has 94 valence electrons. The third-order valence-corrected chi connectivity index (χ3v) is 3.77. The summed E-state index contributed by atoms with van der Waals surface area (Å²) in [7, 11) is 0. The number of nitrogen functional groups attached to an aromatic ring is 1. The summed E-state index contributed by atoms with van der Waals surface area (Å²) in [6.45, 7) is 0. The number of halogens is 2. The second kappa shape index (κ2) is 5.87. The Bertz CT molecular complexity index is 540. The summed E-state index contributed by atoms with van der Waals surface area (Å²) in [5, 5.41) is 10.2. The van der Waals surface area contributed by atoms with Crippen molar-refractivity contribution in [1.82, 2.24) is 0 Å². The molecule has 0 aromatic heterocycles. The molecule has 2 rings (SSSR count). The minimum atomic E-state index is -0.594. The molecule has 0 aliphatic heterocycles. The van der Waals surface area contributed by atoms with E-state index >= 15 is 0 Å². The zero-order chi connectivity index (χ0) is 13.1. The van der Waals surface area contributed by atoms with Gasteiger partial charge >= 0.3 is 0 Å². The topological polar surface area (TPSA) is 46.2 Å². The van der Waals surface area contributed by atoms with Gasteiger partial charge in [0.05, 0.1) is 6.10 Å². The normalized spacial score (nSPS) is 12.4. The highest BCUT2D eigenvalue weighted by Crippen LogP contribution is 2.27. The number of anilines is 1. The fraction of sp³-hybridized carbons (Fsp3) is 0.143. The number of hydrogen-bond acceptors (Lipinski definition) is 2. The van der Waals surface area contributed by atoms with Gasteiger partial charge in [0.15, 0.2) is 0 Å². The van der Waals surface area contributed by atoms with E-state index in [0.29, 0.717) is 12.1 Å². The largest absolute Gasteiger partial charge is 0.398 e. The van der Waals surface area contributed by atoms with E-state index in [-0.39, 0.29) is 0 Å². The van der Waals surface area contributed by atoms with Crippen molar-refractivity contribution in [2.45, 2.75) is 12.5 Å². The minimum absolute atomic E-state index is 0.550. The highest BCUT2D eigenvalue weighted by molar-refractivity contribution is 9.10. The lowest BCUT2D eigenvalue weighted by Crippen LogP contribution is -2.05. The quantitative estimate of drug-likeness (QED) is 0.800. The van der Waals surface area contributed by atoms with Gasteiger partial charge in [0.2, 0.25) is 0 Å². The van der Waals surface area contributed by atoms with E-state index in [1.165, 1.54) is 0 Å². The van der Waals surface area contributed by atoms with Crippen molar-refractivity contribution in [3.63, 3.8) is 0 Å². The van der Waals surface area contributed by atoms with Crippen LogP contribution in [0.15, 0.2) is 51.4 Å². The molecule has 4 heteroatoms. The fourth-order valence-electron chi connectivity index (χ4n) is 1.79. The van der Waals surface area contributed by atoms with Crippen LogP contribution in [0.1, 0.15) is 17.2 Å². The van der Waals surface area contributed by atoms with Crippen LogP contribution in [0, 0.1) is 0 Å². The summed E-state index contributed by atoms with van der Waals surface area (Å²) in [6, 6.07) is 13.4. The molecular formula is C14H13Br2NO. The van der Waals surface area contributed by atoms with Crippen LogP contribution in [-0.2, 0) is 6.42 Å². The van der Waals surface area contributed by atoms with Crippen molar-refractivity contribution >= 4 is 37.5 Å². The SMILES string of the molecule is Nc1ccc(Br)cc1C(O)Cc1ccc(Br)cc1. The standard InChI is InChI=1S/C14H13Br2NO/c15-10-3-1-9(2-4-10)7-14(18)12-8-11(16)5-6-13(12)17/h1-6,8,14,18H,7,17H2. The Kier molecular flexibility index (Phi) is 4.43. The molecule has 0 heterocycles. The van der Waals surface area contributed by atoms with Crippen molar-refractivity contribution in [1.29, 1.82) is 0 Å². The summed E-state index contributed by atoms with van der Waals surface area (Å²) >= 11 is 6.78. The van der Waals surface area contributed by atoms with Crippen molar-refractivity contribution in [3.05, 3.63) is 62.5 Å². The number of nitrogens with two attached hydrogens (primary N) is 1. The Hall–Kier alpha value is -0.840. The molecule has 2 aromatic carbocycles. The van der Waals surface area contributed by atoms with Gasteiger partial charge in [0.25, 0.3) is 0 Å². The van der Waals surface area contributed by atoms with E-state index in [1.54, 1.807) is 6.07 Å². The first-order valence-electron chi connectivity index (χ1n) is 5.53. The predicted molar refractivity (Wildman–Crippen MR) is 81.4 cm³/mol. The van der Waals surface area contributed by atoms with Crippen LogP contribution < -0.4 is 5.73 Å². The van der Waals surface area contributed by atoms with E-state index in [0.717, 1.165) is 20.1 Å². The number of aliphatic hydroxyl groups is 1. The van der Waals surface area contributed by atoms with E-state index in [2.05, 4.69) is 31.9 Å². The molecule has 0 aliphatic carbocycles. The second-order valence-electron chi connectivity index (χ2n) is 4.12. The lowest BCUT2D eigenvalue weighted by Gasteiger charge is -2.14. The molecule has 0 saturated carbocycles. The summed E-state index contributed by atoms with van der Waals surface area (Å²) in [5.74, 6) is 0. The Morgan fingerprint density at radius 3 is 2.28 bits per heavy atom. The summed E-state index contributed by atoms with van der Waals surface area (Å²) in [6.07, 6.45) is -0.0443. The van der Waals surface area contributed by atoms with Crippen LogP contribution in [-0.4, -0.2) is 5.11 Å². The molecule has 2 aromatic rings. The second-order valence-corrected chi connectivity index (χ2v) is 5.95. The maximum atomic E-state index is 10.2. The third kappa shape index (κ3) is 3.34. The molecule has 0 saturated heterocycles. The average molecular weight is 371 g/mol. The van der Waals surface area contributed by atoms with Crippen molar-refractivity contribution < 1.29 is 5.11 Å². The van der Waals surface area contributed by atoms with Gasteiger partial charge in [-0.1, -0.05) is 44.0 Å². The number of hydrogen-bond donors (Lipinski definition) is 2. The zero-order valence-electron chi connectivity index (χ0n) is 9.61. The summed E-state index contributed by atoms with van der Waals surface area (Å²) in [4.78, 5) is 0. The van der Waals surface area contributed by atoms with E-state index < -0.39 is 6.10 Å². The average Bonchev–Trinajstić information content (AvgIpc) is 2.35. The summed E-state index contributed by atoms with van der Waals surface area (Å²) < 4.78 is 1.95. The van der Waals surface area contributed by atoms with Gasteiger partial charge in [0.1, 0.15) is 0 Å². The first-order chi connectivity index (χ1) is 8.56. The Morgan fingerprint density at radius 1 is 1.00 bits per heavy atom. The highest BCUT2D eigenvalue weighted by atomic mass is 79.9. The monoisotopic (exact) mass is 369 g/mol. The molecule has 0 radical (unpaired) electrons.